The van der Waals surface area contributed by atoms with Crippen LogP contribution in [0.1, 0.15) is 55.6 Å². The summed E-state index contributed by atoms with van der Waals surface area (Å²) < 4.78 is 0. The SMILES string of the molecule is CCN(C(=O)c1csc(-c2ccccc2CO)n1)C1CCCCC1C. The highest BCUT2D eigenvalue weighted by Gasteiger charge is 2.31. The molecule has 25 heavy (non-hydrogen) atoms. The van der Waals surface area contributed by atoms with Crippen LogP contribution in [-0.2, 0) is 6.61 Å². The molecule has 1 aliphatic rings. The Morgan fingerprint density at radius 1 is 1.32 bits per heavy atom. The molecule has 5 heteroatoms. The Bertz CT molecular complexity index is 728. The number of thiazole rings is 1. The second-order valence-corrected chi connectivity index (χ2v) is 7.63. The second kappa shape index (κ2) is 8.11. The highest BCUT2D eigenvalue weighted by molar-refractivity contribution is 7.13. The highest BCUT2D eigenvalue weighted by atomic mass is 32.1. The fourth-order valence-corrected chi connectivity index (χ4v) is 4.65. The van der Waals surface area contributed by atoms with Crippen LogP contribution in [0.4, 0.5) is 0 Å². The average Bonchev–Trinajstić information content (AvgIpc) is 3.13. The van der Waals surface area contributed by atoms with Crippen LogP contribution in [0.25, 0.3) is 10.6 Å². The van der Waals surface area contributed by atoms with Gasteiger partial charge in [-0.15, -0.1) is 11.3 Å². The Labute approximate surface area is 153 Å². The van der Waals surface area contributed by atoms with Gasteiger partial charge in [0.2, 0.25) is 0 Å². The molecule has 1 saturated carbocycles. The van der Waals surface area contributed by atoms with E-state index in [4.69, 9.17) is 0 Å². The Morgan fingerprint density at radius 3 is 2.80 bits per heavy atom. The fraction of sp³-hybridized carbons (Fsp3) is 0.500. The highest BCUT2D eigenvalue weighted by Crippen LogP contribution is 2.31. The Morgan fingerprint density at radius 2 is 2.08 bits per heavy atom. The van der Waals surface area contributed by atoms with Gasteiger partial charge in [0.1, 0.15) is 10.7 Å². The first-order valence-corrected chi connectivity index (χ1v) is 9.99. The lowest BCUT2D eigenvalue weighted by molar-refractivity contribution is 0.0565. The Kier molecular flexibility index (Phi) is 5.86. The number of aromatic nitrogens is 1. The van der Waals surface area contributed by atoms with Gasteiger partial charge in [0, 0.05) is 23.5 Å². The predicted molar refractivity (Wildman–Crippen MR) is 102 cm³/mol. The van der Waals surface area contributed by atoms with Crippen LogP contribution in [0.5, 0.6) is 0 Å². The molecule has 0 spiro atoms. The molecule has 2 unspecified atom stereocenters. The van der Waals surface area contributed by atoms with E-state index < -0.39 is 0 Å². The second-order valence-electron chi connectivity index (χ2n) is 6.77. The summed E-state index contributed by atoms with van der Waals surface area (Å²) in [6, 6.07) is 7.98. The number of aliphatic hydroxyl groups is 1. The van der Waals surface area contributed by atoms with E-state index in [1.54, 1.807) is 0 Å². The summed E-state index contributed by atoms with van der Waals surface area (Å²) in [7, 11) is 0. The van der Waals surface area contributed by atoms with E-state index >= 15 is 0 Å². The molecule has 1 aromatic carbocycles. The lowest BCUT2D eigenvalue weighted by Crippen LogP contribution is -2.45. The van der Waals surface area contributed by atoms with Crippen molar-refractivity contribution < 1.29 is 9.90 Å². The summed E-state index contributed by atoms with van der Waals surface area (Å²) in [5.41, 5.74) is 2.26. The summed E-state index contributed by atoms with van der Waals surface area (Å²) in [5, 5.41) is 12.2. The standard InChI is InChI=1S/C20H26N2O2S/c1-3-22(18-11-7-4-8-14(18)2)20(24)17-13-25-19(21-17)16-10-6-5-9-15(16)12-23/h5-6,9-10,13-14,18,23H,3-4,7-8,11-12H2,1-2H3. The molecular formula is C20H26N2O2S. The molecule has 3 rings (SSSR count). The van der Waals surface area contributed by atoms with E-state index in [0.29, 0.717) is 24.2 Å². The molecule has 134 valence electrons. The molecule has 0 bridgehead atoms. The number of aliphatic hydroxyl groups excluding tert-OH is 1. The first kappa shape index (κ1) is 18.1. The van der Waals surface area contributed by atoms with E-state index in [1.165, 1.54) is 30.6 Å². The molecular weight excluding hydrogens is 332 g/mol. The quantitative estimate of drug-likeness (QED) is 0.865. The van der Waals surface area contributed by atoms with E-state index in [0.717, 1.165) is 22.6 Å². The monoisotopic (exact) mass is 358 g/mol. The van der Waals surface area contributed by atoms with Crippen molar-refractivity contribution in [2.75, 3.05) is 6.54 Å². The molecule has 1 heterocycles. The third-order valence-corrected chi connectivity index (χ3v) is 6.09. The van der Waals surface area contributed by atoms with Crippen molar-refractivity contribution in [2.45, 2.75) is 52.2 Å². The van der Waals surface area contributed by atoms with Gasteiger partial charge >= 0.3 is 0 Å². The van der Waals surface area contributed by atoms with Gasteiger partial charge in [-0.1, -0.05) is 44.0 Å². The van der Waals surface area contributed by atoms with Crippen molar-refractivity contribution in [3.63, 3.8) is 0 Å². The first-order chi connectivity index (χ1) is 12.2. The van der Waals surface area contributed by atoms with Crippen LogP contribution in [-0.4, -0.2) is 33.5 Å². The summed E-state index contributed by atoms with van der Waals surface area (Å²) in [6.45, 7) is 4.99. The minimum Gasteiger partial charge on any atom is -0.392 e. The van der Waals surface area contributed by atoms with Gasteiger partial charge in [0.05, 0.1) is 6.61 Å². The molecule has 0 saturated heterocycles. The van der Waals surface area contributed by atoms with Crippen molar-refractivity contribution in [3.8, 4) is 10.6 Å². The lowest BCUT2D eigenvalue weighted by Gasteiger charge is -2.37. The van der Waals surface area contributed by atoms with Crippen LogP contribution in [0.2, 0.25) is 0 Å². The molecule has 1 amide bonds. The molecule has 0 aliphatic heterocycles. The number of carbonyl (C=O) groups excluding carboxylic acids is 1. The number of amides is 1. The Hall–Kier alpha value is -1.72. The molecule has 1 aliphatic carbocycles. The maximum Gasteiger partial charge on any atom is 0.273 e. The smallest absolute Gasteiger partial charge is 0.273 e. The van der Waals surface area contributed by atoms with E-state index in [9.17, 15) is 9.90 Å². The zero-order chi connectivity index (χ0) is 17.8. The van der Waals surface area contributed by atoms with Gasteiger partial charge in [-0.2, -0.15) is 0 Å². The number of carbonyl (C=O) groups is 1. The van der Waals surface area contributed by atoms with Crippen LogP contribution < -0.4 is 0 Å². The van der Waals surface area contributed by atoms with Crippen molar-refractivity contribution in [1.29, 1.82) is 0 Å². The fourth-order valence-electron chi connectivity index (χ4n) is 3.80. The van der Waals surface area contributed by atoms with Crippen molar-refractivity contribution >= 4 is 17.2 Å². The summed E-state index contributed by atoms with van der Waals surface area (Å²) in [4.78, 5) is 19.6. The van der Waals surface area contributed by atoms with Crippen molar-refractivity contribution in [1.82, 2.24) is 9.88 Å². The van der Waals surface area contributed by atoms with Crippen molar-refractivity contribution in [3.05, 3.63) is 40.9 Å². The van der Waals surface area contributed by atoms with E-state index in [2.05, 4.69) is 11.9 Å². The molecule has 0 radical (unpaired) electrons. The van der Waals surface area contributed by atoms with Crippen LogP contribution >= 0.6 is 11.3 Å². The molecule has 1 aromatic heterocycles. The van der Waals surface area contributed by atoms with Gasteiger partial charge in [0.25, 0.3) is 5.91 Å². The largest absolute Gasteiger partial charge is 0.392 e. The third-order valence-electron chi connectivity index (χ3n) is 5.21. The van der Waals surface area contributed by atoms with Gasteiger partial charge in [0.15, 0.2) is 0 Å². The van der Waals surface area contributed by atoms with Crippen LogP contribution in [0, 0.1) is 5.92 Å². The normalized spacial score (nSPS) is 20.4. The van der Waals surface area contributed by atoms with Gasteiger partial charge < -0.3 is 10.0 Å². The predicted octanol–water partition coefficient (Wildman–Crippen LogP) is 4.34. The topological polar surface area (TPSA) is 53.4 Å². The van der Waals surface area contributed by atoms with Gasteiger partial charge in [-0.25, -0.2) is 4.98 Å². The zero-order valence-electron chi connectivity index (χ0n) is 14.9. The van der Waals surface area contributed by atoms with Crippen LogP contribution in [0.3, 0.4) is 0 Å². The molecule has 1 N–H and O–H groups in total. The third kappa shape index (κ3) is 3.77. The van der Waals surface area contributed by atoms with E-state index in [1.807, 2.05) is 41.5 Å². The Balaban J connectivity index is 1.84. The summed E-state index contributed by atoms with van der Waals surface area (Å²) in [5.74, 6) is 0.580. The van der Waals surface area contributed by atoms with Gasteiger partial charge in [-0.05, 0) is 31.2 Å². The van der Waals surface area contributed by atoms with E-state index in [-0.39, 0.29) is 12.5 Å². The molecule has 4 nitrogen and oxygen atoms in total. The number of hydrogen-bond acceptors (Lipinski definition) is 4. The number of nitrogens with zero attached hydrogens (tertiary/aromatic N) is 2. The summed E-state index contributed by atoms with van der Waals surface area (Å²) in [6.07, 6.45) is 4.75. The molecule has 2 atom stereocenters. The van der Waals surface area contributed by atoms with Crippen LogP contribution in [0.15, 0.2) is 29.6 Å². The maximum absolute atomic E-state index is 13.0. The molecule has 2 aromatic rings. The minimum absolute atomic E-state index is 0.0281. The zero-order valence-corrected chi connectivity index (χ0v) is 15.8. The van der Waals surface area contributed by atoms with Crippen molar-refractivity contribution in [2.24, 2.45) is 5.92 Å². The summed E-state index contributed by atoms with van der Waals surface area (Å²) >= 11 is 1.47. The number of rotatable bonds is 5. The first-order valence-electron chi connectivity index (χ1n) is 9.11. The maximum atomic E-state index is 13.0. The van der Waals surface area contributed by atoms with Gasteiger partial charge in [-0.3, -0.25) is 4.79 Å². The number of hydrogen-bond donors (Lipinski definition) is 1. The minimum atomic E-state index is -0.0281. The lowest BCUT2D eigenvalue weighted by atomic mass is 9.84. The average molecular weight is 359 g/mol. The number of benzene rings is 1. The molecule has 1 fully saturated rings.